The van der Waals surface area contributed by atoms with Crippen molar-refractivity contribution in [2.45, 2.75) is 38.5 Å². The molecule has 1 aliphatic heterocycles. The lowest BCUT2D eigenvalue weighted by molar-refractivity contribution is -0.117. The highest BCUT2D eigenvalue weighted by Gasteiger charge is 2.26. The predicted molar refractivity (Wildman–Crippen MR) is 320 cm³/mol. The maximum absolute atomic E-state index is 13.6. The first-order chi connectivity index (χ1) is 39.3. The first-order valence-corrected chi connectivity index (χ1v) is 26.9. The quantitative estimate of drug-likeness (QED) is 0.133. The fraction of sp³-hybridized carbons (Fsp3) is 0.118. The summed E-state index contributed by atoms with van der Waals surface area (Å²) < 4.78 is 14.4. The van der Waals surface area contributed by atoms with Crippen LogP contribution < -0.4 is 30.7 Å². The van der Waals surface area contributed by atoms with Gasteiger partial charge in [0.05, 0.1) is 13.2 Å². The Morgan fingerprint density at radius 3 is 1.16 bits per heavy atom. The summed E-state index contributed by atoms with van der Waals surface area (Å²) in [6, 6.07) is 67.1. The van der Waals surface area contributed by atoms with Crippen molar-refractivity contribution in [1.29, 1.82) is 0 Å². The molecule has 0 spiro atoms. The van der Waals surface area contributed by atoms with E-state index in [1.807, 2.05) is 12.1 Å². The Kier molecular flexibility index (Phi) is 14.4. The third-order valence-electron chi connectivity index (χ3n) is 14.4. The van der Waals surface area contributed by atoms with Crippen LogP contribution in [0.15, 0.2) is 206 Å². The van der Waals surface area contributed by atoms with E-state index in [4.69, 9.17) is 9.47 Å². The molecule has 0 unspecified atom stereocenters. The van der Waals surface area contributed by atoms with Crippen LogP contribution in [0.3, 0.4) is 0 Å². The van der Waals surface area contributed by atoms with Crippen LogP contribution in [-0.4, -0.2) is 46.8 Å². The fourth-order valence-electron chi connectivity index (χ4n) is 10.5. The van der Waals surface area contributed by atoms with Crippen molar-refractivity contribution in [2.75, 3.05) is 34.5 Å². The minimum Gasteiger partial charge on any atom is -0.492 e. The maximum Gasteiger partial charge on any atom is 0.256 e. The summed E-state index contributed by atoms with van der Waals surface area (Å²) in [5, 5.41) is 19.8. The standard InChI is InChI=1S/C68H54N6O6/c75-61-30-9-11-36-79-65-55(49-34-32-43-16-1-3-18-45(43)38-49)41-47-20-5-7-24-53(47)63(65)64-54-25-8-6-21-48(54)42-56(50-35-33-44-17-2-4-19-46(44)39-50)66(64)80-37-12-10-31-62(76)72-58-27-15-29-60(70-58)74-68(78)52-23-13-22-51(40-52)67(77)73-59-28-14-26-57(69-59)71-61/h1-8,13-29,32-35,38-42H,9-12,30-31,36-37H2,(H2,69,71,73,75,77)(H2,70,72,74,76,78). The third-order valence-corrected chi connectivity index (χ3v) is 14.4. The Morgan fingerprint density at radius 2 is 0.713 bits per heavy atom. The Morgan fingerprint density at radius 1 is 0.325 bits per heavy atom. The molecule has 12 rings (SSSR count). The van der Waals surface area contributed by atoms with Crippen LogP contribution in [0.5, 0.6) is 11.5 Å². The van der Waals surface area contributed by atoms with Crippen LogP contribution in [-0.2, 0) is 9.59 Å². The van der Waals surface area contributed by atoms with E-state index in [1.54, 1.807) is 54.6 Å². The topological polar surface area (TPSA) is 161 Å². The van der Waals surface area contributed by atoms with Gasteiger partial charge in [0.25, 0.3) is 11.8 Å². The number of pyridine rings is 2. The van der Waals surface area contributed by atoms with Gasteiger partial charge < -0.3 is 30.7 Å². The number of hydrogen-bond acceptors (Lipinski definition) is 8. The summed E-state index contributed by atoms with van der Waals surface area (Å²) in [4.78, 5) is 63.1. The monoisotopic (exact) mass is 1050 g/mol. The van der Waals surface area contributed by atoms with Gasteiger partial charge in [-0.15, -0.1) is 0 Å². The number of rotatable bonds is 2. The minimum absolute atomic E-state index is 0.191. The van der Waals surface area contributed by atoms with E-state index in [1.165, 1.54) is 6.07 Å². The number of carbonyl (C=O) groups excluding carboxylic acids is 4. The molecule has 3 heterocycles. The molecule has 0 fully saturated rings. The molecule has 4 N–H and O–H groups in total. The first kappa shape index (κ1) is 50.6. The SMILES string of the molecule is O=C1CCCCOc2c(-c3ccc4ccccc4c3)cc3ccccc3c2-c2c(c(-c3ccc4ccccc4c3)cc3ccccc23)OCCCCC(=O)Nc2cccc(n2)NC(=O)c2cccc(c2)C(=O)Nc2cccc(n2)N1. The molecule has 0 saturated carbocycles. The largest absolute Gasteiger partial charge is 0.492 e. The Hall–Kier alpha value is -10.2. The molecule has 0 aliphatic carbocycles. The van der Waals surface area contributed by atoms with Crippen LogP contribution in [0.4, 0.5) is 23.3 Å². The van der Waals surface area contributed by atoms with Gasteiger partial charge in [-0.05, 0) is 147 Å². The zero-order valence-electron chi connectivity index (χ0n) is 43.6. The van der Waals surface area contributed by atoms with Gasteiger partial charge in [0, 0.05) is 46.2 Å². The van der Waals surface area contributed by atoms with Crippen LogP contribution in [0.25, 0.3) is 76.5 Å². The Labute approximate surface area is 461 Å². The van der Waals surface area contributed by atoms with Crippen molar-refractivity contribution < 1.29 is 28.7 Å². The van der Waals surface area contributed by atoms with Gasteiger partial charge in [-0.2, -0.15) is 0 Å². The second-order valence-electron chi connectivity index (χ2n) is 19.8. The molecule has 392 valence electrons. The molecular formula is C68H54N6O6. The zero-order chi connectivity index (χ0) is 54.4. The summed E-state index contributed by atoms with van der Waals surface area (Å²) in [7, 11) is 0. The number of amides is 4. The molecule has 0 atom stereocenters. The van der Waals surface area contributed by atoms with E-state index in [0.29, 0.717) is 50.4 Å². The number of aromatic nitrogens is 2. The number of hydrogen-bond donors (Lipinski definition) is 4. The summed E-state index contributed by atoms with van der Waals surface area (Å²) >= 11 is 0. The van der Waals surface area contributed by atoms with Crippen LogP contribution >= 0.6 is 0 Å². The van der Waals surface area contributed by atoms with Crippen molar-refractivity contribution in [3.63, 3.8) is 0 Å². The van der Waals surface area contributed by atoms with E-state index >= 15 is 0 Å². The summed E-state index contributed by atoms with van der Waals surface area (Å²) in [6.07, 6.45) is 2.50. The fourth-order valence-corrected chi connectivity index (χ4v) is 10.5. The molecule has 11 aromatic rings. The maximum atomic E-state index is 13.6. The number of nitrogens with one attached hydrogen (secondary N) is 4. The van der Waals surface area contributed by atoms with Gasteiger partial charge >= 0.3 is 0 Å². The zero-order valence-corrected chi connectivity index (χ0v) is 43.6. The predicted octanol–water partition coefficient (Wildman–Crippen LogP) is 15.3. The smallest absolute Gasteiger partial charge is 0.256 e. The Balaban J connectivity index is 0.963. The highest BCUT2D eigenvalue weighted by molar-refractivity contribution is 6.15. The molecule has 2 aromatic heterocycles. The molecular weight excluding hydrogens is 997 g/mol. The number of ether oxygens (including phenoxy) is 2. The number of nitrogens with zero attached hydrogens (tertiary/aromatic N) is 2. The van der Waals surface area contributed by atoms with E-state index in [9.17, 15) is 19.2 Å². The summed E-state index contributed by atoms with van der Waals surface area (Å²) in [5.41, 5.74) is 5.98. The second-order valence-corrected chi connectivity index (χ2v) is 19.8. The highest BCUT2D eigenvalue weighted by Crippen LogP contribution is 2.53. The second kappa shape index (κ2) is 22.8. The van der Waals surface area contributed by atoms with Gasteiger partial charge in [0.15, 0.2) is 0 Å². The molecule has 80 heavy (non-hydrogen) atoms. The van der Waals surface area contributed by atoms with E-state index < -0.39 is 11.8 Å². The number of benzene rings is 9. The number of carbonyl (C=O) groups is 4. The van der Waals surface area contributed by atoms with Crippen molar-refractivity contribution in [3.05, 3.63) is 217 Å². The number of anilines is 4. The molecule has 12 nitrogen and oxygen atoms in total. The molecule has 12 heteroatoms. The van der Waals surface area contributed by atoms with E-state index in [2.05, 4.69) is 165 Å². The third kappa shape index (κ3) is 11.0. The van der Waals surface area contributed by atoms with E-state index in [0.717, 1.165) is 76.5 Å². The van der Waals surface area contributed by atoms with Gasteiger partial charge in [0.1, 0.15) is 34.8 Å². The molecule has 4 amide bonds. The first-order valence-electron chi connectivity index (χ1n) is 26.9. The van der Waals surface area contributed by atoms with Crippen LogP contribution in [0.1, 0.15) is 59.2 Å². The summed E-state index contributed by atoms with van der Waals surface area (Å²) in [6.45, 7) is 0.588. The van der Waals surface area contributed by atoms with Gasteiger partial charge in [0.2, 0.25) is 11.8 Å². The van der Waals surface area contributed by atoms with Crippen LogP contribution in [0.2, 0.25) is 0 Å². The van der Waals surface area contributed by atoms with Gasteiger partial charge in [-0.25, -0.2) is 9.97 Å². The highest BCUT2D eigenvalue weighted by atomic mass is 16.5. The molecule has 0 radical (unpaired) electrons. The van der Waals surface area contributed by atoms with Gasteiger partial charge in [-0.1, -0.05) is 140 Å². The van der Waals surface area contributed by atoms with Crippen molar-refractivity contribution in [2.24, 2.45) is 0 Å². The normalized spacial score (nSPS) is 14.1. The Bertz CT molecular complexity index is 3950. The lowest BCUT2D eigenvalue weighted by Gasteiger charge is -2.24. The van der Waals surface area contributed by atoms with Crippen molar-refractivity contribution in [1.82, 2.24) is 9.97 Å². The van der Waals surface area contributed by atoms with Crippen molar-refractivity contribution >= 4 is 90.0 Å². The lowest BCUT2D eigenvalue weighted by Crippen LogP contribution is -2.18. The average molecular weight is 1050 g/mol. The van der Waals surface area contributed by atoms with Gasteiger partial charge in [-0.3, -0.25) is 19.2 Å². The molecule has 1 aliphatic rings. The lowest BCUT2D eigenvalue weighted by atomic mass is 9.86. The number of fused-ring (bicyclic) bond motifs is 15. The average Bonchev–Trinajstić information content (AvgIpc) is 3.57. The molecule has 9 aromatic carbocycles. The summed E-state index contributed by atoms with van der Waals surface area (Å²) in [5.74, 6) is 0.877. The van der Waals surface area contributed by atoms with Crippen LogP contribution in [0, 0.1) is 0 Å². The van der Waals surface area contributed by atoms with Crippen molar-refractivity contribution in [3.8, 4) is 44.9 Å². The van der Waals surface area contributed by atoms with E-state index in [-0.39, 0.29) is 59.1 Å². The molecule has 6 bridgehead atoms. The minimum atomic E-state index is -0.499. The molecule has 0 saturated heterocycles.